The van der Waals surface area contributed by atoms with Crippen molar-refractivity contribution in [2.45, 2.75) is 67.2 Å². The number of hydrogen-bond donors (Lipinski definition) is 0. The number of hydrogen-bond acceptors (Lipinski definition) is 4. The van der Waals surface area contributed by atoms with Crippen molar-refractivity contribution in [2.24, 2.45) is 33.5 Å². The Hall–Kier alpha value is -1.72. The SMILES string of the molecule is CC1(C)[C@H]2CC[C@@]1(C)C(=O)N(CCN1C(=O)[C@@H]3CC[C@](C)(C1=O)C3(C)C)C2=O. The molecule has 28 heavy (non-hydrogen) atoms. The van der Waals surface area contributed by atoms with E-state index in [1.165, 1.54) is 9.80 Å². The molecule has 0 N–H and O–H groups in total. The molecule has 4 atom stereocenters. The van der Waals surface area contributed by atoms with Crippen molar-refractivity contribution >= 4 is 23.6 Å². The van der Waals surface area contributed by atoms with Crippen molar-refractivity contribution in [1.82, 2.24) is 9.80 Å². The largest absolute Gasteiger partial charge is 0.280 e. The van der Waals surface area contributed by atoms with Crippen LogP contribution in [0.5, 0.6) is 0 Å². The molecule has 154 valence electrons. The molecule has 0 aromatic rings. The zero-order valence-electron chi connectivity index (χ0n) is 17.9. The van der Waals surface area contributed by atoms with Gasteiger partial charge < -0.3 is 0 Å². The van der Waals surface area contributed by atoms with Gasteiger partial charge in [0, 0.05) is 24.9 Å². The first-order valence-corrected chi connectivity index (χ1v) is 10.5. The highest BCUT2D eigenvalue weighted by Crippen LogP contribution is 2.61. The fourth-order valence-electron chi connectivity index (χ4n) is 6.43. The van der Waals surface area contributed by atoms with Crippen LogP contribution in [0, 0.1) is 33.5 Å². The number of imide groups is 2. The van der Waals surface area contributed by atoms with Gasteiger partial charge in [0.1, 0.15) is 0 Å². The molecule has 0 unspecified atom stereocenters. The first kappa shape index (κ1) is 19.6. The van der Waals surface area contributed by atoms with Gasteiger partial charge in [0.05, 0.1) is 10.8 Å². The minimum atomic E-state index is -0.561. The number of likely N-dealkylation sites (tertiary alicyclic amines) is 2. The van der Waals surface area contributed by atoms with Gasteiger partial charge in [0.15, 0.2) is 0 Å². The predicted octanol–water partition coefficient (Wildman–Crippen LogP) is 2.61. The molecule has 6 nitrogen and oxygen atoms in total. The van der Waals surface area contributed by atoms with Crippen LogP contribution >= 0.6 is 0 Å². The summed E-state index contributed by atoms with van der Waals surface area (Å²) in [6.07, 6.45) is 2.87. The van der Waals surface area contributed by atoms with Crippen molar-refractivity contribution in [1.29, 1.82) is 0 Å². The van der Waals surface area contributed by atoms with E-state index in [0.717, 1.165) is 12.8 Å². The standard InChI is InChI=1S/C22H32N2O4/c1-19(2)13-7-9-21(19,5)17(27)23(15(13)25)11-12-24-16(26)14-8-10-22(6,18(24)28)20(14,3)4/h13-14H,7-12H2,1-6H3/t13-,14-,21-,22+/m0/s1. The second kappa shape index (κ2) is 5.45. The van der Waals surface area contributed by atoms with Gasteiger partial charge in [0.2, 0.25) is 23.6 Å². The first-order chi connectivity index (χ1) is 12.8. The van der Waals surface area contributed by atoms with E-state index in [2.05, 4.69) is 0 Å². The number of carbonyl (C=O) groups is 4. The fourth-order valence-corrected chi connectivity index (χ4v) is 6.43. The van der Waals surface area contributed by atoms with Gasteiger partial charge in [-0.15, -0.1) is 0 Å². The van der Waals surface area contributed by atoms with Crippen LogP contribution in [0.3, 0.4) is 0 Å². The number of piperidine rings is 2. The van der Waals surface area contributed by atoms with E-state index in [1.807, 2.05) is 41.5 Å². The van der Waals surface area contributed by atoms with Crippen LogP contribution in [0.25, 0.3) is 0 Å². The van der Waals surface area contributed by atoms with Gasteiger partial charge in [-0.1, -0.05) is 41.5 Å². The van der Waals surface area contributed by atoms with Crippen molar-refractivity contribution in [3.8, 4) is 0 Å². The summed E-state index contributed by atoms with van der Waals surface area (Å²) in [4.78, 5) is 55.1. The summed E-state index contributed by atoms with van der Waals surface area (Å²) in [5.41, 5.74) is -1.83. The molecular formula is C22H32N2O4. The van der Waals surface area contributed by atoms with Gasteiger partial charge in [-0.2, -0.15) is 0 Å². The van der Waals surface area contributed by atoms with E-state index < -0.39 is 10.8 Å². The Labute approximate surface area is 167 Å². The topological polar surface area (TPSA) is 74.8 Å². The normalized spacial score (nSPS) is 41.2. The third-order valence-electron chi connectivity index (χ3n) is 9.56. The number of fused-ring (bicyclic) bond motifs is 4. The van der Waals surface area contributed by atoms with Crippen LogP contribution in [-0.2, 0) is 19.2 Å². The van der Waals surface area contributed by atoms with Crippen molar-refractivity contribution in [3.05, 3.63) is 0 Å². The highest BCUT2D eigenvalue weighted by molar-refractivity contribution is 6.05. The third-order valence-corrected chi connectivity index (χ3v) is 9.56. The molecule has 4 aliphatic rings. The summed E-state index contributed by atoms with van der Waals surface area (Å²) in [5.74, 6) is -0.927. The molecular weight excluding hydrogens is 356 g/mol. The Balaban J connectivity index is 1.56. The molecule has 0 aromatic carbocycles. The second-order valence-corrected chi connectivity index (χ2v) is 10.9. The van der Waals surface area contributed by atoms with Crippen LogP contribution in [0.1, 0.15) is 67.2 Å². The third kappa shape index (κ3) is 1.99. The molecule has 2 heterocycles. The van der Waals surface area contributed by atoms with Crippen molar-refractivity contribution < 1.29 is 19.2 Å². The second-order valence-electron chi connectivity index (χ2n) is 10.9. The van der Waals surface area contributed by atoms with Crippen LogP contribution in [0.4, 0.5) is 0 Å². The summed E-state index contributed by atoms with van der Waals surface area (Å²) in [5, 5.41) is 0. The molecule has 2 aliphatic heterocycles. The fraction of sp³-hybridized carbons (Fsp3) is 0.818. The lowest BCUT2D eigenvalue weighted by molar-refractivity contribution is -0.173. The van der Waals surface area contributed by atoms with Gasteiger partial charge >= 0.3 is 0 Å². The molecule has 2 aliphatic carbocycles. The maximum absolute atomic E-state index is 13.2. The van der Waals surface area contributed by atoms with Crippen LogP contribution < -0.4 is 0 Å². The van der Waals surface area contributed by atoms with E-state index in [4.69, 9.17) is 0 Å². The minimum absolute atomic E-state index is 0.112. The molecule has 0 radical (unpaired) electrons. The summed E-state index contributed by atoms with van der Waals surface area (Å²) in [6.45, 7) is 12.2. The Morgan fingerprint density at radius 3 is 1.32 bits per heavy atom. The van der Waals surface area contributed by atoms with Gasteiger partial charge in [0.25, 0.3) is 0 Å². The van der Waals surface area contributed by atoms with Crippen LogP contribution in [0.2, 0.25) is 0 Å². The summed E-state index contributed by atoms with van der Waals surface area (Å²) in [6, 6.07) is 0. The van der Waals surface area contributed by atoms with Crippen molar-refractivity contribution in [2.75, 3.05) is 13.1 Å². The smallest absolute Gasteiger partial charge is 0.235 e. The Morgan fingerprint density at radius 1 is 0.679 bits per heavy atom. The summed E-state index contributed by atoms with van der Waals surface area (Å²) < 4.78 is 0. The predicted molar refractivity (Wildman–Crippen MR) is 103 cm³/mol. The highest BCUT2D eigenvalue weighted by atomic mass is 16.2. The van der Waals surface area contributed by atoms with E-state index in [9.17, 15) is 19.2 Å². The minimum Gasteiger partial charge on any atom is -0.280 e. The molecule has 6 heteroatoms. The first-order valence-electron chi connectivity index (χ1n) is 10.5. The maximum atomic E-state index is 13.2. The van der Waals surface area contributed by atoms with Gasteiger partial charge in [-0.05, 0) is 36.5 Å². The molecule has 0 aromatic heterocycles. The van der Waals surface area contributed by atoms with Crippen LogP contribution in [0.15, 0.2) is 0 Å². The monoisotopic (exact) mass is 388 g/mol. The zero-order valence-corrected chi connectivity index (χ0v) is 17.9. The molecule has 2 saturated carbocycles. The maximum Gasteiger partial charge on any atom is 0.235 e. The molecule has 4 fully saturated rings. The number of carbonyl (C=O) groups excluding carboxylic acids is 4. The molecule has 4 amide bonds. The average molecular weight is 389 g/mol. The Bertz CT molecular complexity index is 734. The number of amides is 4. The van der Waals surface area contributed by atoms with E-state index in [-0.39, 0.29) is 59.4 Å². The van der Waals surface area contributed by atoms with Gasteiger partial charge in [-0.3, -0.25) is 29.0 Å². The highest BCUT2D eigenvalue weighted by Gasteiger charge is 2.66. The lowest BCUT2D eigenvalue weighted by atomic mass is 9.62. The quantitative estimate of drug-likeness (QED) is 0.697. The molecule has 4 rings (SSSR count). The molecule has 4 bridgehead atoms. The number of nitrogens with zero attached hydrogens (tertiary/aromatic N) is 2. The average Bonchev–Trinajstić information content (AvgIpc) is 2.91. The lowest BCUT2D eigenvalue weighted by Crippen LogP contribution is -2.63. The van der Waals surface area contributed by atoms with E-state index >= 15 is 0 Å². The Morgan fingerprint density at radius 2 is 1.00 bits per heavy atom. The van der Waals surface area contributed by atoms with E-state index in [1.54, 1.807) is 0 Å². The summed E-state index contributed by atoms with van der Waals surface area (Å²) in [7, 11) is 0. The van der Waals surface area contributed by atoms with Crippen molar-refractivity contribution in [3.63, 3.8) is 0 Å². The molecule has 2 saturated heterocycles. The zero-order chi connectivity index (χ0) is 20.9. The Kier molecular flexibility index (Phi) is 3.81. The number of rotatable bonds is 3. The van der Waals surface area contributed by atoms with Gasteiger partial charge in [-0.25, -0.2) is 0 Å². The lowest BCUT2D eigenvalue weighted by Gasteiger charge is -2.49. The van der Waals surface area contributed by atoms with E-state index in [0.29, 0.717) is 12.8 Å². The molecule has 0 spiro atoms. The van der Waals surface area contributed by atoms with Crippen LogP contribution in [-0.4, -0.2) is 46.5 Å². The summed E-state index contributed by atoms with van der Waals surface area (Å²) >= 11 is 0.